The number of hydrogen-bond donors (Lipinski definition) is 8. The molecular formula is C83H108N16O24S4. The van der Waals surface area contributed by atoms with Crippen molar-refractivity contribution in [3.63, 3.8) is 0 Å². The summed E-state index contributed by atoms with van der Waals surface area (Å²) in [5, 5.41) is 36.7. The number of pyridine rings is 4. The Morgan fingerprint density at radius 1 is 0.433 bits per heavy atom. The molecule has 4 atom stereocenters. The summed E-state index contributed by atoms with van der Waals surface area (Å²) in [5.74, 6) is -5.53. The second kappa shape index (κ2) is 48.6. The van der Waals surface area contributed by atoms with Crippen molar-refractivity contribution < 1.29 is 103 Å². The lowest BCUT2D eigenvalue weighted by atomic mass is 10.0. The average molecular weight is 1840 g/mol. The number of ether oxygens (including phenoxy) is 8. The van der Waals surface area contributed by atoms with E-state index in [0.29, 0.717) is 119 Å². The third-order valence-electron chi connectivity index (χ3n) is 20.2. The van der Waals surface area contributed by atoms with E-state index in [2.05, 4.69) is 51.8 Å². The predicted octanol–water partition coefficient (Wildman–Crippen LogP) is 2.03. The zero-order chi connectivity index (χ0) is 90.9. The molecule has 0 aliphatic carbocycles. The van der Waals surface area contributed by atoms with Gasteiger partial charge in [-0.2, -0.15) is 8.61 Å². The van der Waals surface area contributed by atoms with Crippen LogP contribution in [-0.4, -0.2) is 299 Å². The fourth-order valence-electron chi connectivity index (χ4n) is 13.7. The van der Waals surface area contributed by atoms with Gasteiger partial charge in [0.25, 0.3) is 0 Å². The van der Waals surface area contributed by atoms with E-state index < -0.39 is 101 Å². The Balaban J connectivity index is 0.477. The number of carbonyl (C=O) groups excluding carboxylic acids is 6. The summed E-state index contributed by atoms with van der Waals surface area (Å²) < 4.78 is 105. The highest BCUT2D eigenvalue weighted by Crippen LogP contribution is 2.44. The number of fused-ring (bicyclic) bond motifs is 2. The van der Waals surface area contributed by atoms with Gasteiger partial charge in [0.15, 0.2) is 11.3 Å². The fourth-order valence-corrected chi connectivity index (χ4v) is 20.0. The SMILES string of the molecule is CC1(C)SCN(S(=O)(=O)c2cccnc2)C1C(=O)N[C@@H](Cc1ccc(-n2c(=O)n(CC(=O)NCCOCCOCCC(=O)NCCCOCCOCCCOCCOCCCNC(=O)CCOCCOCCNC(=O)Cn3c(=O)n(-c4ccc(C[C@H](NC(=O)C5N(S(=O)(=O)c6cccnc6)CSC5(C)C)C(=O)O)cc4)c4ncccc43)c3cccnc32)cc1)C(=O)O. The van der Waals surface area contributed by atoms with Crippen LogP contribution in [0, 0.1) is 0 Å². The number of thioether (sulfide) groups is 2. The predicted molar refractivity (Wildman–Crippen MR) is 466 cm³/mol. The van der Waals surface area contributed by atoms with Crippen molar-refractivity contribution in [3.05, 3.63) is 166 Å². The molecule has 6 amide bonds. The highest BCUT2D eigenvalue weighted by atomic mass is 32.2. The second-order valence-corrected chi connectivity index (χ2v) is 37.2. The largest absolute Gasteiger partial charge is 0.480 e. The monoisotopic (exact) mass is 1840 g/mol. The minimum Gasteiger partial charge on any atom is -0.480 e. The first kappa shape index (κ1) is 98.7. The number of carboxylic acid groups (broad SMARTS) is 2. The Kier molecular flexibility index (Phi) is 37.8. The first-order chi connectivity index (χ1) is 61.1. The van der Waals surface area contributed by atoms with Crippen molar-refractivity contribution >= 4 is 113 Å². The average Bonchev–Trinajstić information content (AvgIpc) is 1.66. The molecular weight excluding hydrogens is 1730 g/mol. The van der Waals surface area contributed by atoms with Gasteiger partial charge in [-0.05, 0) is 131 Å². The molecule has 2 fully saturated rings. The number of aromatic nitrogens is 8. The molecule has 0 saturated carbocycles. The summed E-state index contributed by atoms with van der Waals surface area (Å²) in [7, 11) is -8.32. The minimum absolute atomic E-state index is 0.0302. The van der Waals surface area contributed by atoms with Crippen molar-refractivity contribution in [1.82, 2.24) is 78.7 Å². The molecule has 8 heterocycles. The third-order valence-corrected chi connectivity index (χ3v) is 26.9. The number of benzene rings is 2. The van der Waals surface area contributed by atoms with Gasteiger partial charge in [0, 0.05) is 125 Å². The van der Waals surface area contributed by atoms with E-state index >= 15 is 0 Å². The number of hydrogen-bond acceptors (Lipinski definition) is 28. The van der Waals surface area contributed by atoms with Crippen LogP contribution in [0.1, 0.15) is 70.9 Å². The molecule has 0 bridgehead atoms. The lowest BCUT2D eigenvalue weighted by Gasteiger charge is -2.30. The maximum atomic E-state index is 13.9. The molecule has 2 aliphatic heterocycles. The quantitative estimate of drug-likeness (QED) is 0.0253. The number of nitrogens with one attached hydrogen (secondary N) is 6. The maximum absolute atomic E-state index is 13.9. The summed E-state index contributed by atoms with van der Waals surface area (Å²) >= 11 is 2.50. The molecule has 127 heavy (non-hydrogen) atoms. The van der Waals surface area contributed by atoms with E-state index in [1.807, 2.05) is 0 Å². The number of aliphatic carboxylic acids is 2. The highest BCUT2D eigenvalue weighted by molar-refractivity contribution is 8.02. The third kappa shape index (κ3) is 28.3. The topological polar surface area (TPSA) is 503 Å². The van der Waals surface area contributed by atoms with Gasteiger partial charge >= 0.3 is 23.3 Å². The normalized spacial score (nSPS) is 15.7. The van der Waals surface area contributed by atoms with Gasteiger partial charge in [0.2, 0.25) is 55.5 Å². The van der Waals surface area contributed by atoms with Gasteiger partial charge in [-0.1, -0.05) is 24.3 Å². The molecule has 6 aromatic heterocycles. The molecule has 0 spiro atoms. The second-order valence-electron chi connectivity index (χ2n) is 30.2. The molecule has 2 saturated heterocycles. The number of amides is 6. The van der Waals surface area contributed by atoms with Gasteiger partial charge in [-0.15, -0.1) is 23.5 Å². The van der Waals surface area contributed by atoms with E-state index in [9.17, 15) is 75.0 Å². The van der Waals surface area contributed by atoms with Crippen LogP contribution in [0.2, 0.25) is 0 Å². The van der Waals surface area contributed by atoms with Crippen LogP contribution in [-0.2, 0) is 122 Å². The smallest absolute Gasteiger partial charge is 0.335 e. The number of sulfonamides is 2. The molecule has 40 nitrogen and oxygen atoms in total. The van der Waals surface area contributed by atoms with Crippen LogP contribution in [0.15, 0.2) is 154 Å². The zero-order valence-electron chi connectivity index (χ0n) is 70.9. The van der Waals surface area contributed by atoms with Gasteiger partial charge in [0.1, 0.15) is 47.0 Å². The number of carbonyl (C=O) groups is 8. The highest BCUT2D eigenvalue weighted by Gasteiger charge is 2.53. The molecule has 2 aromatic carbocycles. The Bertz CT molecular complexity index is 5030. The van der Waals surface area contributed by atoms with Gasteiger partial charge < -0.3 is 80.0 Å². The number of imidazole rings is 2. The molecule has 0 radical (unpaired) electrons. The molecule has 688 valence electrons. The number of rotatable bonds is 56. The maximum Gasteiger partial charge on any atom is 0.335 e. The fraction of sp³-hybridized carbons (Fsp3) is 0.494. The number of carboxylic acids is 2. The Labute approximate surface area is 741 Å². The van der Waals surface area contributed by atoms with Crippen molar-refractivity contribution in [2.24, 2.45) is 0 Å². The summed E-state index contributed by atoms with van der Waals surface area (Å²) in [5.41, 5.74) is 1.96. The van der Waals surface area contributed by atoms with Crippen molar-refractivity contribution in [2.45, 2.75) is 129 Å². The van der Waals surface area contributed by atoms with Crippen LogP contribution in [0.4, 0.5) is 0 Å². The Hall–Kier alpha value is -10.5. The summed E-state index contributed by atoms with van der Waals surface area (Å²) in [6.07, 6.45) is 10.1. The van der Waals surface area contributed by atoms with E-state index in [0.717, 1.165) is 8.61 Å². The lowest BCUT2D eigenvalue weighted by molar-refractivity contribution is -0.142. The molecule has 44 heteroatoms. The van der Waals surface area contributed by atoms with E-state index in [1.54, 1.807) is 100 Å². The van der Waals surface area contributed by atoms with Crippen LogP contribution in [0.25, 0.3) is 33.7 Å². The molecule has 8 N–H and O–H groups in total. The van der Waals surface area contributed by atoms with Crippen LogP contribution < -0.4 is 43.3 Å². The van der Waals surface area contributed by atoms with E-state index in [-0.39, 0.29) is 149 Å². The Morgan fingerprint density at radius 3 is 1.13 bits per heavy atom. The van der Waals surface area contributed by atoms with Crippen LogP contribution >= 0.6 is 23.5 Å². The van der Waals surface area contributed by atoms with Gasteiger partial charge in [-0.25, -0.2) is 55.1 Å². The lowest BCUT2D eigenvalue weighted by Crippen LogP contribution is -2.56. The molecule has 2 unspecified atom stereocenters. The summed E-state index contributed by atoms with van der Waals surface area (Å²) in [4.78, 5) is 148. The zero-order valence-corrected chi connectivity index (χ0v) is 74.2. The van der Waals surface area contributed by atoms with Crippen molar-refractivity contribution in [3.8, 4) is 11.4 Å². The van der Waals surface area contributed by atoms with Gasteiger partial charge in [-0.3, -0.25) is 47.9 Å². The van der Waals surface area contributed by atoms with Crippen molar-refractivity contribution in [2.75, 3.05) is 144 Å². The molecule has 8 aromatic rings. The minimum atomic E-state index is -4.16. The van der Waals surface area contributed by atoms with Crippen molar-refractivity contribution in [1.29, 1.82) is 0 Å². The van der Waals surface area contributed by atoms with Crippen LogP contribution in [0.5, 0.6) is 0 Å². The van der Waals surface area contributed by atoms with E-state index in [1.165, 1.54) is 103 Å². The summed E-state index contributed by atoms with van der Waals surface area (Å²) in [6, 6.07) is 19.7. The first-order valence-electron chi connectivity index (χ1n) is 41.2. The number of nitrogens with zero attached hydrogens (tertiary/aromatic N) is 10. The standard InChI is InChI=1S/C83H108N16O24S4/c1-82(2)72(96(56-124-82)126(112,113)62-12-5-26-84-52-62)76(104)92-64(78(106)107)50-58-16-20-60(21-17-58)98-74-66(14-7-28-90-74)94(80(98)110)54-70(102)88-32-40-122-48-46-120-38-24-68(100)86-30-9-34-116-42-44-118-36-11-37-119-45-43-117-35-10-31-87-69(101)25-39-121-47-49-123-41-33-89-71(103)55-95-67-15-8-29-91-75(67)99(81(95)111)61-22-18-59(19-23-61)51-65(79(108)109)93-77(105)73-83(3,4)125-57-97(73)127(114,115)63-13-6-27-85-53-63/h5-8,12-23,26-29,52-53,64-65,72-73H,9-11,24-25,30-51,54-57H2,1-4H3,(H,86,100)(H,87,101)(H,88,102)(H,89,103)(H,92,104)(H,93,105)(H,106,107)(H,108,109)/t64-,65-,72?,73?/m0/s1. The van der Waals surface area contributed by atoms with Gasteiger partial charge in [0.05, 0.1) is 113 Å². The molecule has 2 aliphatic rings. The van der Waals surface area contributed by atoms with Crippen LogP contribution in [0.3, 0.4) is 0 Å². The van der Waals surface area contributed by atoms with E-state index in [4.69, 9.17) is 37.9 Å². The first-order valence-corrected chi connectivity index (χ1v) is 46.1. The Morgan fingerprint density at radius 2 is 0.772 bits per heavy atom. The summed E-state index contributed by atoms with van der Waals surface area (Å²) in [6.45, 7) is 12.4. The molecule has 10 rings (SSSR count).